The topological polar surface area (TPSA) is 58.2 Å². The van der Waals surface area contributed by atoms with Crippen LogP contribution in [0.1, 0.15) is 33.1 Å². The van der Waals surface area contributed by atoms with Crippen LogP contribution in [0.3, 0.4) is 0 Å². The highest BCUT2D eigenvalue weighted by Gasteiger charge is 2.38. The van der Waals surface area contributed by atoms with Crippen molar-refractivity contribution in [2.24, 2.45) is 0 Å². The van der Waals surface area contributed by atoms with Crippen molar-refractivity contribution in [3.05, 3.63) is 0 Å². The van der Waals surface area contributed by atoms with E-state index in [-0.39, 0.29) is 11.5 Å². The van der Waals surface area contributed by atoms with Crippen LogP contribution in [0, 0.1) is 0 Å². The minimum absolute atomic E-state index is 0.176. The molecule has 1 rings (SSSR count). The van der Waals surface area contributed by atoms with E-state index < -0.39 is 15.4 Å². The lowest BCUT2D eigenvalue weighted by Crippen LogP contribution is -2.51. The molecule has 0 spiro atoms. The van der Waals surface area contributed by atoms with E-state index in [1.165, 1.54) is 0 Å². The van der Waals surface area contributed by atoms with E-state index in [4.69, 9.17) is 12.2 Å². The monoisotopic (exact) mass is 264 g/mol. The minimum Gasteiger partial charge on any atom is -0.363 e. The molecule has 0 unspecified atom stereocenters. The third-order valence-corrected chi connectivity index (χ3v) is 4.88. The standard InChI is InChI=1S/C10H20N2O2S2/c1-3-4-6-11-9(15)12-10(2)5-7-16(13,14)8-10/h3-8H2,1-2H3,(H2,11,12,15)/t10-/m1/s1. The number of rotatable bonds is 4. The first-order valence-electron chi connectivity index (χ1n) is 5.63. The van der Waals surface area contributed by atoms with E-state index in [0.29, 0.717) is 11.5 Å². The van der Waals surface area contributed by atoms with Crippen LogP contribution in [0.4, 0.5) is 0 Å². The maximum Gasteiger partial charge on any atom is 0.166 e. The second-order valence-corrected chi connectivity index (χ2v) is 7.23. The maximum atomic E-state index is 11.4. The first-order chi connectivity index (χ1) is 7.37. The third-order valence-electron chi connectivity index (χ3n) is 2.73. The van der Waals surface area contributed by atoms with Gasteiger partial charge in [0.15, 0.2) is 14.9 Å². The zero-order valence-corrected chi connectivity index (χ0v) is 11.5. The summed E-state index contributed by atoms with van der Waals surface area (Å²) in [7, 11) is -2.87. The summed E-state index contributed by atoms with van der Waals surface area (Å²) in [4.78, 5) is 0. The molecule has 1 aliphatic heterocycles. The maximum absolute atomic E-state index is 11.4. The SMILES string of the molecule is CCCCNC(=S)N[C@]1(C)CCS(=O)(=O)C1. The molecule has 0 amide bonds. The van der Waals surface area contributed by atoms with Crippen LogP contribution in [-0.4, -0.2) is 37.1 Å². The van der Waals surface area contributed by atoms with E-state index in [9.17, 15) is 8.42 Å². The number of hydrogen-bond acceptors (Lipinski definition) is 3. The van der Waals surface area contributed by atoms with Crippen LogP contribution in [0.25, 0.3) is 0 Å². The van der Waals surface area contributed by atoms with E-state index in [0.717, 1.165) is 19.4 Å². The Labute approximate surface area is 103 Å². The van der Waals surface area contributed by atoms with Gasteiger partial charge in [-0.2, -0.15) is 0 Å². The lowest BCUT2D eigenvalue weighted by molar-refractivity contribution is 0.467. The van der Waals surface area contributed by atoms with Crippen molar-refractivity contribution in [3.8, 4) is 0 Å². The van der Waals surface area contributed by atoms with E-state index in [2.05, 4.69) is 17.6 Å². The molecule has 1 atom stereocenters. The van der Waals surface area contributed by atoms with Crippen LogP contribution >= 0.6 is 12.2 Å². The fraction of sp³-hybridized carbons (Fsp3) is 0.900. The molecule has 0 bridgehead atoms. The highest BCUT2D eigenvalue weighted by molar-refractivity contribution is 7.91. The molecule has 4 nitrogen and oxygen atoms in total. The average Bonchev–Trinajstić information content (AvgIpc) is 2.40. The summed E-state index contributed by atoms with van der Waals surface area (Å²) in [6.45, 7) is 4.86. The number of sulfone groups is 1. The Morgan fingerprint density at radius 1 is 1.50 bits per heavy atom. The van der Waals surface area contributed by atoms with Gasteiger partial charge in [0.2, 0.25) is 0 Å². The third kappa shape index (κ3) is 4.25. The Morgan fingerprint density at radius 2 is 2.19 bits per heavy atom. The zero-order valence-electron chi connectivity index (χ0n) is 9.88. The highest BCUT2D eigenvalue weighted by atomic mass is 32.2. The van der Waals surface area contributed by atoms with Crippen LogP contribution in [0.15, 0.2) is 0 Å². The van der Waals surface area contributed by atoms with E-state index >= 15 is 0 Å². The second kappa shape index (κ2) is 5.31. The smallest absolute Gasteiger partial charge is 0.166 e. The van der Waals surface area contributed by atoms with Gasteiger partial charge < -0.3 is 10.6 Å². The van der Waals surface area contributed by atoms with Gasteiger partial charge in [0.05, 0.1) is 17.0 Å². The molecule has 16 heavy (non-hydrogen) atoms. The normalized spacial score (nSPS) is 27.6. The van der Waals surface area contributed by atoms with Gasteiger partial charge in [-0.3, -0.25) is 0 Å². The molecule has 2 N–H and O–H groups in total. The van der Waals surface area contributed by atoms with Gasteiger partial charge in [-0.25, -0.2) is 8.42 Å². The predicted molar refractivity (Wildman–Crippen MR) is 70.3 cm³/mol. The summed E-state index contributed by atoms with van der Waals surface area (Å²) in [5.41, 5.74) is -0.394. The Morgan fingerprint density at radius 3 is 2.69 bits per heavy atom. The number of unbranched alkanes of at least 4 members (excludes halogenated alkanes) is 1. The minimum atomic E-state index is -2.87. The highest BCUT2D eigenvalue weighted by Crippen LogP contribution is 2.22. The van der Waals surface area contributed by atoms with E-state index in [1.54, 1.807) is 0 Å². The van der Waals surface area contributed by atoms with Gasteiger partial charge in [-0.15, -0.1) is 0 Å². The lowest BCUT2D eigenvalue weighted by atomic mass is 10.0. The van der Waals surface area contributed by atoms with Crippen molar-refractivity contribution in [2.45, 2.75) is 38.6 Å². The lowest BCUT2D eigenvalue weighted by Gasteiger charge is -2.25. The van der Waals surface area contributed by atoms with Crippen molar-refractivity contribution in [2.75, 3.05) is 18.1 Å². The first kappa shape index (κ1) is 13.7. The molecule has 0 aliphatic carbocycles. The molecule has 1 heterocycles. The van der Waals surface area contributed by atoms with Crippen molar-refractivity contribution in [3.63, 3.8) is 0 Å². The van der Waals surface area contributed by atoms with Gasteiger partial charge in [0.25, 0.3) is 0 Å². The molecule has 0 saturated carbocycles. The fourth-order valence-electron chi connectivity index (χ4n) is 1.81. The summed E-state index contributed by atoms with van der Waals surface area (Å²) in [5, 5.41) is 6.76. The summed E-state index contributed by atoms with van der Waals surface area (Å²) in [6.07, 6.45) is 2.81. The van der Waals surface area contributed by atoms with Crippen LogP contribution in [0.2, 0.25) is 0 Å². The quantitative estimate of drug-likeness (QED) is 0.582. The molecule has 0 aromatic rings. The Hall–Kier alpha value is -0.360. The Bertz CT molecular complexity index is 354. The molecule has 1 saturated heterocycles. The molecule has 1 fully saturated rings. The predicted octanol–water partition coefficient (Wildman–Crippen LogP) is 0.828. The van der Waals surface area contributed by atoms with Crippen LogP contribution < -0.4 is 10.6 Å². The van der Waals surface area contributed by atoms with Gasteiger partial charge in [-0.1, -0.05) is 13.3 Å². The summed E-state index contributed by atoms with van der Waals surface area (Å²) < 4.78 is 22.8. The molecular weight excluding hydrogens is 244 g/mol. The van der Waals surface area contributed by atoms with Gasteiger partial charge in [0, 0.05) is 6.54 Å². The van der Waals surface area contributed by atoms with Crippen molar-refractivity contribution >= 4 is 27.2 Å². The second-order valence-electron chi connectivity index (χ2n) is 4.64. The van der Waals surface area contributed by atoms with Crippen LogP contribution in [0.5, 0.6) is 0 Å². The zero-order chi connectivity index (χ0) is 12.2. The van der Waals surface area contributed by atoms with Crippen molar-refractivity contribution in [1.29, 1.82) is 0 Å². The van der Waals surface area contributed by atoms with Gasteiger partial charge in [0.1, 0.15) is 0 Å². The molecule has 1 aliphatic rings. The number of nitrogens with one attached hydrogen (secondary N) is 2. The van der Waals surface area contributed by atoms with Crippen molar-refractivity contribution < 1.29 is 8.42 Å². The fourth-order valence-corrected chi connectivity index (χ4v) is 4.25. The number of thiocarbonyl (C=S) groups is 1. The average molecular weight is 264 g/mol. The Balaban J connectivity index is 2.39. The summed E-state index contributed by atoms with van der Waals surface area (Å²) in [5.74, 6) is 0.434. The van der Waals surface area contributed by atoms with Gasteiger partial charge >= 0.3 is 0 Å². The number of hydrogen-bond donors (Lipinski definition) is 2. The molecular formula is C10H20N2O2S2. The molecule has 0 aromatic heterocycles. The first-order valence-corrected chi connectivity index (χ1v) is 7.86. The van der Waals surface area contributed by atoms with Crippen molar-refractivity contribution in [1.82, 2.24) is 10.6 Å². The molecule has 0 aromatic carbocycles. The molecule has 6 heteroatoms. The van der Waals surface area contributed by atoms with Crippen LogP contribution in [-0.2, 0) is 9.84 Å². The summed E-state index contributed by atoms with van der Waals surface area (Å²) in [6, 6.07) is 0. The Kier molecular flexibility index (Phi) is 4.55. The molecule has 94 valence electrons. The molecule has 0 radical (unpaired) electrons. The van der Waals surface area contributed by atoms with Gasteiger partial charge in [-0.05, 0) is 32.0 Å². The van der Waals surface area contributed by atoms with E-state index in [1.807, 2.05) is 6.92 Å². The summed E-state index contributed by atoms with van der Waals surface area (Å²) >= 11 is 5.13. The largest absolute Gasteiger partial charge is 0.363 e.